The number of hydrogen-bond acceptors (Lipinski definition) is 3. The molecule has 0 atom stereocenters. The second-order valence-corrected chi connectivity index (χ2v) is 4.73. The van der Waals surface area contributed by atoms with Crippen LogP contribution in [0.4, 0.5) is 0 Å². The molecule has 3 nitrogen and oxygen atoms in total. The van der Waals surface area contributed by atoms with Gasteiger partial charge in [-0.3, -0.25) is 14.7 Å². The summed E-state index contributed by atoms with van der Waals surface area (Å²) >= 11 is 1.63. The number of benzene rings is 1. The summed E-state index contributed by atoms with van der Waals surface area (Å²) in [6.07, 6.45) is 0. The fourth-order valence-electron chi connectivity index (χ4n) is 1.59. The highest BCUT2D eigenvalue weighted by Gasteiger charge is 2.24. The first-order valence-electron chi connectivity index (χ1n) is 5.33. The summed E-state index contributed by atoms with van der Waals surface area (Å²) in [7, 11) is 0. The molecule has 1 aromatic rings. The summed E-state index contributed by atoms with van der Waals surface area (Å²) in [5.41, 5.74) is 1.14. The van der Waals surface area contributed by atoms with Gasteiger partial charge < -0.3 is 0 Å². The van der Waals surface area contributed by atoms with Crippen molar-refractivity contribution in [1.82, 2.24) is 4.90 Å². The third-order valence-electron chi connectivity index (χ3n) is 2.34. The van der Waals surface area contributed by atoms with Gasteiger partial charge in [0.25, 0.3) is 5.91 Å². The third-order valence-corrected chi connectivity index (χ3v) is 3.23. The van der Waals surface area contributed by atoms with E-state index in [1.807, 2.05) is 30.3 Å². The topological polar surface area (TPSA) is 32.7 Å². The van der Waals surface area contributed by atoms with E-state index in [0.29, 0.717) is 13.1 Å². The second kappa shape index (κ2) is 5.16. The van der Waals surface area contributed by atoms with Crippen molar-refractivity contribution >= 4 is 22.8 Å². The molecule has 1 amide bonds. The van der Waals surface area contributed by atoms with E-state index in [2.05, 4.69) is 11.9 Å². The third kappa shape index (κ3) is 2.44. The number of nitrogens with zero attached hydrogens (tertiary/aromatic N) is 2. The molecular weight excluding hydrogens is 220 g/mol. The van der Waals surface area contributed by atoms with Gasteiger partial charge in [0.2, 0.25) is 0 Å². The Hall–Kier alpha value is -1.29. The molecule has 0 spiro atoms. The van der Waals surface area contributed by atoms with E-state index in [0.717, 1.165) is 16.5 Å². The summed E-state index contributed by atoms with van der Waals surface area (Å²) in [5.74, 6) is 1.04. The lowest BCUT2D eigenvalue weighted by atomic mass is 10.2. The lowest BCUT2D eigenvalue weighted by molar-refractivity contribution is -0.125. The van der Waals surface area contributed by atoms with Gasteiger partial charge in [0.05, 0.1) is 6.54 Å². The van der Waals surface area contributed by atoms with E-state index in [9.17, 15) is 4.79 Å². The van der Waals surface area contributed by atoms with E-state index in [1.54, 1.807) is 16.7 Å². The number of thioether (sulfide) groups is 1. The molecule has 1 heterocycles. The molecule has 0 saturated carbocycles. The number of rotatable bonds is 3. The molecule has 0 bridgehead atoms. The standard InChI is InChI=1S/C12H14N2OS/c1-2-16-12-13-8-11(15)14(12)9-10-6-4-3-5-7-10/h3-7H,2,8-9H2,1H3. The predicted octanol–water partition coefficient (Wildman–Crippen LogP) is 2.14. The number of carbonyl (C=O) groups is 1. The fourth-order valence-corrected chi connectivity index (χ4v) is 2.32. The van der Waals surface area contributed by atoms with Crippen LogP contribution in [0.5, 0.6) is 0 Å². The molecule has 0 saturated heterocycles. The molecule has 16 heavy (non-hydrogen) atoms. The fraction of sp³-hybridized carbons (Fsp3) is 0.333. The van der Waals surface area contributed by atoms with Gasteiger partial charge in [-0.2, -0.15) is 0 Å². The van der Waals surface area contributed by atoms with E-state index < -0.39 is 0 Å². The minimum Gasteiger partial charge on any atom is -0.285 e. The minimum absolute atomic E-state index is 0.0970. The maximum Gasteiger partial charge on any atom is 0.250 e. The first-order valence-corrected chi connectivity index (χ1v) is 6.31. The van der Waals surface area contributed by atoms with Crippen molar-refractivity contribution < 1.29 is 4.79 Å². The van der Waals surface area contributed by atoms with Crippen LogP contribution in [0.15, 0.2) is 35.3 Å². The van der Waals surface area contributed by atoms with Crippen LogP contribution in [0.3, 0.4) is 0 Å². The quantitative estimate of drug-likeness (QED) is 0.802. The largest absolute Gasteiger partial charge is 0.285 e. The Morgan fingerprint density at radius 2 is 2.12 bits per heavy atom. The van der Waals surface area contributed by atoms with E-state index >= 15 is 0 Å². The maximum absolute atomic E-state index is 11.7. The van der Waals surface area contributed by atoms with Crippen LogP contribution in [0.1, 0.15) is 12.5 Å². The number of aliphatic imine (C=N–C) groups is 1. The zero-order valence-electron chi connectivity index (χ0n) is 9.22. The maximum atomic E-state index is 11.7. The van der Waals surface area contributed by atoms with Crippen LogP contribution >= 0.6 is 11.8 Å². The lowest BCUT2D eigenvalue weighted by Gasteiger charge is -2.17. The highest BCUT2D eigenvalue weighted by Crippen LogP contribution is 2.17. The van der Waals surface area contributed by atoms with Gasteiger partial charge in [-0.1, -0.05) is 49.0 Å². The molecule has 0 N–H and O–H groups in total. The number of amides is 1. The Labute approximate surface area is 99.6 Å². The van der Waals surface area contributed by atoms with Gasteiger partial charge in [-0.15, -0.1) is 0 Å². The van der Waals surface area contributed by atoms with Crippen molar-refractivity contribution in [3.8, 4) is 0 Å². The van der Waals surface area contributed by atoms with Gasteiger partial charge in [-0.05, 0) is 11.3 Å². The molecular formula is C12H14N2OS. The van der Waals surface area contributed by atoms with Crippen molar-refractivity contribution in [3.63, 3.8) is 0 Å². The van der Waals surface area contributed by atoms with Crippen molar-refractivity contribution in [3.05, 3.63) is 35.9 Å². The Morgan fingerprint density at radius 1 is 1.38 bits per heavy atom. The smallest absolute Gasteiger partial charge is 0.250 e. The predicted molar refractivity (Wildman–Crippen MR) is 67.4 cm³/mol. The first kappa shape index (κ1) is 11.2. The molecule has 1 aromatic carbocycles. The highest BCUT2D eigenvalue weighted by atomic mass is 32.2. The monoisotopic (exact) mass is 234 g/mol. The van der Waals surface area contributed by atoms with Crippen molar-refractivity contribution in [2.45, 2.75) is 13.5 Å². The summed E-state index contributed by atoms with van der Waals surface area (Å²) < 4.78 is 0. The average Bonchev–Trinajstić information content (AvgIpc) is 2.64. The van der Waals surface area contributed by atoms with Crippen LogP contribution in [0.2, 0.25) is 0 Å². The van der Waals surface area contributed by atoms with E-state index in [-0.39, 0.29) is 5.91 Å². The first-order chi connectivity index (χ1) is 7.81. The normalized spacial score (nSPS) is 15.4. The summed E-state index contributed by atoms with van der Waals surface area (Å²) in [6.45, 7) is 3.00. The van der Waals surface area contributed by atoms with Crippen molar-refractivity contribution in [2.24, 2.45) is 4.99 Å². The zero-order chi connectivity index (χ0) is 11.4. The van der Waals surface area contributed by atoms with E-state index in [4.69, 9.17) is 0 Å². The lowest BCUT2D eigenvalue weighted by Crippen LogP contribution is -2.30. The molecule has 2 rings (SSSR count). The summed E-state index contributed by atoms with van der Waals surface area (Å²) in [5, 5.41) is 0.858. The van der Waals surface area contributed by atoms with Gasteiger partial charge in [0, 0.05) is 0 Å². The van der Waals surface area contributed by atoms with Crippen molar-refractivity contribution in [2.75, 3.05) is 12.3 Å². The van der Waals surface area contributed by atoms with E-state index in [1.165, 1.54) is 0 Å². The highest BCUT2D eigenvalue weighted by molar-refractivity contribution is 8.13. The molecule has 0 fully saturated rings. The molecule has 0 radical (unpaired) electrons. The molecule has 84 valence electrons. The number of carbonyl (C=O) groups excluding carboxylic acids is 1. The van der Waals surface area contributed by atoms with Crippen LogP contribution in [-0.2, 0) is 11.3 Å². The molecule has 4 heteroatoms. The average molecular weight is 234 g/mol. The second-order valence-electron chi connectivity index (χ2n) is 3.50. The molecule has 1 aliphatic rings. The Balaban J connectivity index is 2.08. The zero-order valence-corrected chi connectivity index (χ0v) is 10.0. The Bertz CT molecular complexity index is 403. The van der Waals surface area contributed by atoms with Gasteiger partial charge in [0.15, 0.2) is 5.17 Å². The van der Waals surface area contributed by atoms with Crippen LogP contribution in [-0.4, -0.2) is 28.3 Å². The summed E-state index contributed by atoms with van der Waals surface area (Å²) in [6, 6.07) is 10.0. The van der Waals surface area contributed by atoms with Crippen LogP contribution in [0.25, 0.3) is 0 Å². The molecule has 0 aromatic heterocycles. The Kier molecular flexibility index (Phi) is 3.62. The SMILES string of the molecule is CCSC1=NCC(=O)N1Cc1ccccc1. The van der Waals surface area contributed by atoms with Gasteiger partial charge >= 0.3 is 0 Å². The number of amidine groups is 1. The number of hydrogen-bond donors (Lipinski definition) is 0. The van der Waals surface area contributed by atoms with Gasteiger partial charge in [-0.25, -0.2) is 0 Å². The molecule has 1 aliphatic heterocycles. The summed E-state index contributed by atoms with van der Waals surface area (Å²) in [4.78, 5) is 17.7. The molecule has 0 aliphatic carbocycles. The Morgan fingerprint density at radius 3 is 2.81 bits per heavy atom. The van der Waals surface area contributed by atoms with Crippen LogP contribution in [0, 0.1) is 0 Å². The van der Waals surface area contributed by atoms with Gasteiger partial charge in [0.1, 0.15) is 6.54 Å². The molecule has 0 unspecified atom stereocenters. The van der Waals surface area contributed by atoms with Crippen LogP contribution < -0.4 is 0 Å². The van der Waals surface area contributed by atoms with Crippen molar-refractivity contribution in [1.29, 1.82) is 0 Å². The minimum atomic E-state index is 0.0970.